The lowest BCUT2D eigenvalue weighted by molar-refractivity contribution is -0.0999. The zero-order valence-electron chi connectivity index (χ0n) is 11.2. The molecule has 0 radical (unpaired) electrons. The standard InChI is InChI=1S/C14H19N3O.ClH/c1-9-2-3-13(16-15-9)18-14-11-4-10-5-12(14)8-17(6-10)7-11;/h2-3,10-12,14H,4-8H2,1H3;1H/t10?,11-,12-,14?;/m0./s1. The summed E-state index contributed by atoms with van der Waals surface area (Å²) in [5.41, 5.74) is 0.943. The van der Waals surface area contributed by atoms with E-state index >= 15 is 0 Å². The number of aryl methyl sites for hydroxylation is 1. The third-order valence-corrected chi connectivity index (χ3v) is 4.73. The van der Waals surface area contributed by atoms with E-state index in [0.29, 0.717) is 23.8 Å². The van der Waals surface area contributed by atoms with Gasteiger partial charge in [-0.05, 0) is 31.7 Å². The van der Waals surface area contributed by atoms with Gasteiger partial charge in [0.25, 0.3) is 0 Å². The minimum absolute atomic E-state index is 0. The van der Waals surface area contributed by atoms with Crippen molar-refractivity contribution in [3.05, 3.63) is 17.8 Å². The van der Waals surface area contributed by atoms with E-state index in [1.165, 1.54) is 32.5 Å². The third-order valence-electron chi connectivity index (χ3n) is 4.73. The average Bonchev–Trinajstić information content (AvgIpc) is 2.35. The second-order valence-electron chi connectivity index (χ2n) is 6.17. The Balaban J connectivity index is 0.00000110. The molecule has 0 N–H and O–H groups in total. The molecule has 104 valence electrons. The Labute approximate surface area is 119 Å². The SMILES string of the molecule is Cc1ccc(OC2[C@H]3CC4C[C@H]2CN(C4)C3)nn1.Cl. The minimum Gasteiger partial charge on any atom is -0.473 e. The van der Waals surface area contributed by atoms with Crippen molar-refractivity contribution in [2.45, 2.75) is 25.9 Å². The summed E-state index contributed by atoms with van der Waals surface area (Å²) in [5, 5.41) is 8.22. The van der Waals surface area contributed by atoms with E-state index < -0.39 is 0 Å². The number of piperidine rings is 3. The average molecular weight is 282 g/mol. The molecule has 0 spiro atoms. The molecule has 0 unspecified atom stereocenters. The number of ether oxygens (including phenoxy) is 1. The summed E-state index contributed by atoms with van der Waals surface area (Å²) in [4.78, 5) is 2.62. The number of aromatic nitrogens is 2. The van der Waals surface area contributed by atoms with Gasteiger partial charge in [0.2, 0.25) is 5.88 Å². The summed E-state index contributed by atoms with van der Waals surface area (Å²) in [5.74, 6) is 3.04. The van der Waals surface area contributed by atoms with E-state index in [2.05, 4.69) is 15.1 Å². The molecule has 5 heteroatoms. The van der Waals surface area contributed by atoms with Crippen LogP contribution in [-0.2, 0) is 0 Å². The quantitative estimate of drug-likeness (QED) is 0.830. The lowest BCUT2D eigenvalue weighted by atomic mass is 9.66. The van der Waals surface area contributed by atoms with E-state index in [1.54, 1.807) is 0 Å². The maximum Gasteiger partial charge on any atom is 0.233 e. The molecular formula is C14H20ClN3O. The second kappa shape index (κ2) is 4.91. The first kappa shape index (κ1) is 13.1. The van der Waals surface area contributed by atoms with Gasteiger partial charge < -0.3 is 9.64 Å². The fourth-order valence-corrected chi connectivity index (χ4v) is 4.15. The van der Waals surface area contributed by atoms with Gasteiger partial charge in [0.1, 0.15) is 6.10 Å². The van der Waals surface area contributed by atoms with Gasteiger partial charge in [-0.3, -0.25) is 0 Å². The monoisotopic (exact) mass is 281 g/mol. The Hall–Kier alpha value is -0.870. The van der Waals surface area contributed by atoms with Crippen molar-refractivity contribution >= 4 is 12.4 Å². The molecule has 3 aliphatic heterocycles. The van der Waals surface area contributed by atoms with Gasteiger partial charge >= 0.3 is 0 Å². The molecule has 1 saturated carbocycles. The van der Waals surface area contributed by atoms with Gasteiger partial charge in [-0.15, -0.1) is 17.5 Å². The number of hydrogen-bond acceptors (Lipinski definition) is 4. The summed E-state index contributed by atoms with van der Waals surface area (Å²) in [6, 6.07) is 3.93. The van der Waals surface area contributed by atoms with Crippen LogP contribution in [0.3, 0.4) is 0 Å². The first-order valence-electron chi connectivity index (χ1n) is 6.97. The van der Waals surface area contributed by atoms with Crippen molar-refractivity contribution in [1.82, 2.24) is 15.1 Å². The van der Waals surface area contributed by atoms with Crippen LogP contribution in [0.2, 0.25) is 0 Å². The van der Waals surface area contributed by atoms with Crippen molar-refractivity contribution in [2.24, 2.45) is 17.8 Å². The zero-order valence-corrected chi connectivity index (χ0v) is 12.0. The second-order valence-corrected chi connectivity index (χ2v) is 6.17. The Bertz CT molecular complexity index is 423. The first-order valence-corrected chi connectivity index (χ1v) is 6.97. The van der Waals surface area contributed by atoms with Crippen molar-refractivity contribution in [3.63, 3.8) is 0 Å². The molecule has 1 aliphatic carbocycles. The van der Waals surface area contributed by atoms with E-state index in [0.717, 1.165) is 11.6 Å². The maximum atomic E-state index is 6.15. The Morgan fingerprint density at radius 3 is 2.42 bits per heavy atom. The van der Waals surface area contributed by atoms with Crippen LogP contribution in [-0.4, -0.2) is 40.8 Å². The molecule has 1 aromatic heterocycles. The van der Waals surface area contributed by atoms with Crippen LogP contribution in [0, 0.1) is 24.7 Å². The molecule has 0 amide bonds. The highest BCUT2D eigenvalue weighted by Crippen LogP contribution is 2.44. The lowest BCUT2D eigenvalue weighted by Gasteiger charge is -2.55. The summed E-state index contributed by atoms with van der Waals surface area (Å²) < 4.78 is 6.15. The van der Waals surface area contributed by atoms with Gasteiger partial charge in [0, 0.05) is 37.5 Å². The number of nitrogens with zero attached hydrogens (tertiary/aromatic N) is 3. The van der Waals surface area contributed by atoms with Gasteiger partial charge in [0.15, 0.2) is 0 Å². The lowest BCUT2D eigenvalue weighted by Crippen LogP contribution is -2.61. The van der Waals surface area contributed by atoms with E-state index in [1.807, 2.05) is 19.1 Å². The number of rotatable bonds is 2. The van der Waals surface area contributed by atoms with Crippen molar-refractivity contribution in [2.75, 3.05) is 19.6 Å². The molecule has 3 saturated heterocycles. The van der Waals surface area contributed by atoms with E-state index in [4.69, 9.17) is 4.74 Å². The van der Waals surface area contributed by atoms with Crippen LogP contribution in [0.25, 0.3) is 0 Å². The molecule has 0 aromatic carbocycles. The maximum absolute atomic E-state index is 6.15. The van der Waals surface area contributed by atoms with Crippen molar-refractivity contribution in [1.29, 1.82) is 0 Å². The molecule has 4 aliphatic rings. The summed E-state index contributed by atoms with van der Waals surface area (Å²) in [6.07, 6.45) is 3.06. The molecule has 5 rings (SSSR count). The smallest absolute Gasteiger partial charge is 0.233 e. The van der Waals surface area contributed by atoms with Gasteiger partial charge in [-0.2, -0.15) is 5.10 Å². The van der Waals surface area contributed by atoms with E-state index in [-0.39, 0.29) is 12.4 Å². The number of hydrogen-bond donors (Lipinski definition) is 0. The molecule has 4 heterocycles. The predicted octanol–water partition coefficient (Wildman–Crippen LogP) is 1.93. The Morgan fingerprint density at radius 1 is 1.11 bits per heavy atom. The minimum atomic E-state index is 0. The summed E-state index contributed by atoms with van der Waals surface area (Å²) >= 11 is 0. The fourth-order valence-electron chi connectivity index (χ4n) is 4.15. The highest BCUT2D eigenvalue weighted by Gasteiger charge is 2.48. The zero-order chi connectivity index (χ0) is 12.1. The third kappa shape index (κ3) is 2.32. The van der Waals surface area contributed by atoms with Crippen LogP contribution in [0.1, 0.15) is 18.5 Å². The molecule has 1 aromatic rings. The summed E-state index contributed by atoms with van der Waals surface area (Å²) in [6.45, 7) is 5.71. The van der Waals surface area contributed by atoms with Gasteiger partial charge in [0.05, 0.1) is 5.69 Å². The van der Waals surface area contributed by atoms with Crippen molar-refractivity contribution < 1.29 is 4.74 Å². The molecule has 2 atom stereocenters. The molecule has 4 bridgehead atoms. The van der Waals surface area contributed by atoms with Gasteiger partial charge in [-0.25, -0.2) is 0 Å². The van der Waals surface area contributed by atoms with Crippen LogP contribution in [0.4, 0.5) is 0 Å². The molecular weight excluding hydrogens is 262 g/mol. The number of halogens is 1. The highest BCUT2D eigenvalue weighted by atomic mass is 35.5. The van der Waals surface area contributed by atoms with Crippen LogP contribution < -0.4 is 4.74 Å². The molecule has 4 fully saturated rings. The normalized spacial score (nSPS) is 38.9. The Morgan fingerprint density at radius 2 is 1.84 bits per heavy atom. The van der Waals surface area contributed by atoms with Crippen LogP contribution in [0.5, 0.6) is 5.88 Å². The topological polar surface area (TPSA) is 38.2 Å². The van der Waals surface area contributed by atoms with E-state index in [9.17, 15) is 0 Å². The Kier molecular flexibility index (Phi) is 3.39. The van der Waals surface area contributed by atoms with Crippen molar-refractivity contribution in [3.8, 4) is 5.88 Å². The van der Waals surface area contributed by atoms with Crippen LogP contribution >= 0.6 is 12.4 Å². The fraction of sp³-hybridized carbons (Fsp3) is 0.714. The van der Waals surface area contributed by atoms with Gasteiger partial charge in [-0.1, -0.05) is 0 Å². The van der Waals surface area contributed by atoms with Crippen LogP contribution in [0.15, 0.2) is 12.1 Å². The largest absolute Gasteiger partial charge is 0.473 e. The first-order chi connectivity index (χ1) is 8.78. The summed E-state index contributed by atoms with van der Waals surface area (Å²) in [7, 11) is 0. The molecule has 4 nitrogen and oxygen atoms in total. The molecule has 19 heavy (non-hydrogen) atoms. The highest BCUT2D eigenvalue weighted by molar-refractivity contribution is 5.85. The predicted molar refractivity (Wildman–Crippen MR) is 74.6 cm³/mol.